The van der Waals surface area contributed by atoms with Gasteiger partial charge in [-0.15, -0.1) is 10.2 Å². The molecule has 0 aromatic carbocycles. The first-order valence-corrected chi connectivity index (χ1v) is 8.44. The third kappa shape index (κ3) is 2.52. The molecule has 0 bridgehead atoms. The van der Waals surface area contributed by atoms with Crippen molar-refractivity contribution >= 4 is 32.9 Å². The molecule has 3 rings (SSSR count). The first-order valence-electron chi connectivity index (χ1n) is 6.81. The van der Waals surface area contributed by atoms with Gasteiger partial charge in [0, 0.05) is 18.5 Å². The number of nitrogens with two attached hydrogens (primary N) is 1. The molecule has 0 radical (unpaired) electrons. The van der Waals surface area contributed by atoms with Gasteiger partial charge in [0.15, 0.2) is 10.1 Å². The van der Waals surface area contributed by atoms with Gasteiger partial charge in [0.05, 0.1) is 10.6 Å². The lowest BCUT2D eigenvalue weighted by Crippen LogP contribution is -2.18. The summed E-state index contributed by atoms with van der Waals surface area (Å²) in [6.45, 7) is 8.76. The van der Waals surface area contributed by atoms with Crippen LogP contribution in [-0.2, 0) is 5.41 Å². The normalized spacial score (nSPS) is 16.1. The minimum atomic E-state index is -0.00968. The van der Waals surface area contributed by atoms with Crippen molar-refractivity contribution in [1.29, 1.82) is 0 Å². The summed E-state index contributed by atoms with van der Waals surface area (Å²) >= 11 is 3.15. The van der Waals surface area contributed by atoms with Crippen LogP contribution in [0.3, 0.4) is 0 Å². The molecule has 5 nitrogen and oxygen atoms in total. The van der Waals surface area contributed by atoms with Crippen molar-refractivity contribution in [1.82, 2.24) is 15.2 Å². The Morgan fingerprint density at radius 3 is 2.35 bits per heavy atom. The van der Waals surface area contributed by atoms with Crippen molar-refractivity contribution in [2.45, 2.75) is 39.0 Å². The molecule has 108 valence electrons. The largest absolute Gasteiger partial charge is 0.374 e. The molecule has 0 aliphatic carbocycles. The fraction of sp³-hybridized carbons (Fsp3) is 0.615. The first kappa shape index (κ1) is 13.8. The van der Waals surface area contributed by atoms with Crippen LogP contribution in [0.5, 0.6) is 0 Å². The number of nitrogens with zero attached hydrogens (tertiary/aromatic N) is 4. The van der Waals surface area contributed by atoms with Gasteiger partial charge >= 0.3 is 0 Å². The fourth-order valence-corrected chi connectivity index (χ4v) is 4.34. The van der Waals surface area contributed by atoms with E-state index in [2.05, 4.69) is 35.9 Å². The Bertz CT molecular complexity index is 605. The molecule has 1 saturated heterocycles. The minimum absolute atomic E-state index is 0.00968. The van der Waals surface area contributed by atoms with Crippen LogP contribution >= 0.6 is 22.7 Å². The zero-order chi connectivity index (χ0) is 14.3. The molecule has 2 aromatic heterocycles. The third-order valence-electron chi connectivity index (χ3n) is 3.34. The van der Waals surface area contributed by atoms with Crippen molar-refractivity contribution < 1.29 is 0 Å². The van der Waals surface area contributed by atoms with Crippen LogP contribution in [-0.4, -0.2) is 28.3 Å². The lowest BCUT2D eigenvalue weighted by atomic mass is 9.91. The third-order valence-corrected chi connectivity index (χ3v) is 5.36. The summed E-state index contributed by atoms with van der Waals surface area (Å²) < 4.78 is 0. The Morgan fingerprint density at radius 2 is 1.80 bits per heavy atom. The quantitative estimate of drug-likeness (QED) is 0.923. The SMILES string of the molecule is CC(C)(C)c1nc(N2CCCC2)sc1-c1nnc(N)s1. The zero-order valence-corrected chi connectivity index (χ0v) is 13.6. The van der Waals surface area contributed by atoms with E-state index < -0.39 is 0 Å². The summed E-state index contributed by atoms with van der Waals surface area (Å²) in [5.74, 6) is 0. The number of rotatable bonds is 2. The molecule has 2 aromatic rings. The van der Waals surface area contributed by atoms with E-state index in [-0.39, 0.29) is 5.41 Å². The van der Waals surface area contributed by atoms with Crippen LogP contribution in [0, 0.1) is 0 Å². The van der Waals surface area contributed by atoms with Gasteiger partial charge in [-0.1, -0.05) is 43.4 Å². The van der Waals surface area contributed by atoms with Crippen LogP contribution in [0.2, 0.25) is 0 Å². The molecule has 3 heterocycles. The highest BCUT2D eigenvalue weighted by Gasteiger charge is 2.28. The Labute approximate surface area is 126 Å². The average Bonchev–Trinajstić information content (AvgIpc) is 3.06. The van der Waals surface area contributed by atoms with E-state index in [9.17, 15) is 0 Å². The van der Waals surface area contributed by atoms with Gasteiger partial charge in [-0.2, -0.15) is 0 Å². The molecule has 0 amide bonds. The van der Waals surface area contributed by atoms with Gasteiger partial charge in [0.1, 0.15) is 0 Å². The number of nitrogen functional groups attached to an aromatic ring is 1. The number of hydrogen-bond acceptors (Lipinski definition) is 7. The summed E-state index contributed by atoms with van der Waals surface area (Å²) in [5.41, 5.74) is 6.81. The molecular weight excluding hydrogens is 290 g/mol. The van der Waals surface area contributed by atoms with E-state index in [1.807, 2.05) is 0 Å². The minimum Gasteiger partial charge on any atom is -0.374 e. The number of aromatic nitrogens is 3. The summed E-state index contributed by atoms with van der Waals surface area (Å²) in [7, 11) is 0. The van der Waals surface area contributed by atoms with Crippen LogP contribution in [0.1, 0.15) is 39.3 Å². The van der Waals surface area contributed by atoms with E-state index in [0.717, 1.165) is 33.8 Å². The number of hydrogen-bond donors (Lipinski definition) is 1. The Hall–Kier alpha value is -1.21. The predicted octanol–water partition coefficient (Wildman–Crippen LogP) is 3.14. The van der Waals surface area contributed by atoms with E-state index >= 15 is 0 Å². The highest BCUT2D eigenvalue weighted by Crippen LogP contribution is 2.42. The Morgan fingerprint density at radius 1 is 1.10 bits per heavy atom. The van der Waals surface area contributed by atoms with E-state index in [1.165, 1.54) is 24.2 Å². The van der Waals surface area contributed by atoms with Crippen molar-refractivity contribution in [3.63, 3.8) is 0 Å². The topological polar surface area (TPSA) is 67.9 Å². The van der Waals surface area contributed by atoms with Gasteiger partial charge in [-0.3, -0.25) is 0 Å². The maximum Gasteiger partial charge on any atom is 0.203 e. The van der Waals surface area contributed by atoms with E-state index in [1.54, 1.807) is 11.3 Å². The van der Waals surface area contributed by atoms with Crippen LogP contribution < -0.4 is 10.6 Å². The van der Waals surface area contributed by atoms with Gasteiger partial charge in [0.25, 0.3) is 0 Å². The second kappa shape index (κ2) is 4.96. The van der Waals surface area contributed by atoms with E-state index in [0.29, 0.717) is 5.13 Å². The molecule has 1 aliphatic rings. The maximum absolute atomic E-state index is 5.72. The molecule has 20 heavy (non-hydrogen) atoms. The summed E-state index contributed by atoms with van der Waals surface area (Å²) in [5, 5.41) is 10.6. The molecule has 0 atom stereocenters. The van der Waals surface area contributed by atoms with Crippen molar-refractivity contribution in [2.75, 3.05) is 23.7 Å². The molecule has 1 aliphatic heterocycles. The second-order valence-electron chi connectivity index (χ2n) is 6.06. The number of thiazole rings is 1. The fourth-order valence-electron chi connectivity index (χ4n) is 2.33. The van der Waals surface area contributed by atoms with Gasteiger partial charge in [-0.05, 0) is 12.8 Å². The molecular formula is C13H19N5S2. The summed E-state index contributed by atoms with van der Waals surface area (Å²) in [4.78, 5) is 8.38. The molecule has 0 spiro atoms. The monoisotopic (exact) mass is 309 g/mol. The summed E-state index contributed by atoms with van der Waals surface area (Å²) in [6, 6.07) is 0. The van der Waals surface area contributed by atoms with Gasteiger partial charge in [-0.25, -0.2) is 4.98 Å². The predicted molar refractivity (Wildman–Crippen MR) is 85.6 cm³/mol. The molecule has 0 saturated carbocycles. The lowest BCUT2D eigenvalue weighted by molar-refractivity contribution is 0.574. The average molecular weight is 309 g/mol. The zero-order valence-electron chi connectivity index (χ0n) is 12.0. The highest BCUT2D eigenvalue weighted by molar-refractivity contribution is 7.25. The van der Waals surface area contributed by atoms with Crippen LogP contribution in [0.4, 0.5) is 10.3 Å². The smallest absolute Gasteiger partial charge is 0.203 e. The Kier molecular flexibility index (Phi) is 3.41. The molecule has 7 heteroatoms. The van der Waals surface area contributed by atoms with Gasteiger partial charge < -0.3 is 10.6 Å². The summed E-state index contributed by atoms with van der Waals surface area (Å²) in [6.07, 6.45) is 2.51. The number of anilines is 2. The first-order chi connectivity index (χ1) is 9.45. The maximum atomic E-state index is 5.72. The molecule has 1 fully saturated rings. The Balaban J connectivity index is 2.06. The van der Waals surface area contributed by atoms with Crippen LogP contribution in [0.25, 0.3) is 9.88 Å². The highest BCUT2D eigenvalue weighted by atomic mass is 32.1. The van der Waals surface area contributed by atoms with Gasteiger partial charge in [0.2, 0.25) is 5.13 Å². The van der Waals surface area contributed by atoms with E-state index in [4.69, 9.17) is 10.7 Å². The van der Waals surface area contributed by atoms with Crippen LogP contribution in [0.15, 0.2) is 0 Å². The molecule has 0 unspecified atom stereocenters. The van der Waals surface area contributed by atoms with Crippen molar-refractivity contribution in [3.05, 3.63) is 5.69 Å². The lowest BCUT2D eigenvalue weighted by Gasteiger charge is -2.17. The second-order valence-corrected chi connectivity index (χ2v) is 8.05. The van der Waals surface area contributed by atoms with Crippen molar-refractivity contribution in [2.24, 2.45) is 0 Å². The van der Waals surface area contributed by atoms with Crippen molar-refractivity contribution in [3.8, 4) is 9.88 Å². The molecule has 2 N–H and O–H groups in total. The standard InChI is InChI=1S/C13H19N5S2/c1-13(2,3)9-8(10-16-17-11(14)20-10)19-12(15-9)18-6-4-5-7-18/h4-7H2,1-3H3,(H2,14,17).